The third kappa shape index (κ3) is 6.80. The average molecular weight is 443 g/mol. The molecule has 3 N–H and O–H groups in total. The zero-order valence-corrected chi connectivity index (χ0v) is 18.5. The van der Waals surface area contributed by atoms with E-state index in [0.717, 1.165) is 29.9 Å². The largest absolute Gasteiger partial charge is 0.489 e. The van der Waals surface area contributed by atoms with E-state index in [0.29, 0.717) is 34.8 Å². The van der Waals surface area contributed by atoms with Gasteiger partial charge in [0.15, 0.2) is 5.96 Å². The lowest BCUT2D eigenvalue weighted by atomic mass is 10.1. The highest BCUT2D eigenvalue weighted by Crippen LogP contribution is 2.31. The molecule has 160 valence electrons. The maximum absolute atomic E-state index is 10.2. The van der Waals surface area contributed by atoms with Crippen molar-refractivity contribution in [3.63, 3.8) is 0 Å². The van der Waals surface area contributed by atoms with Gasteiger partial charge in [0, 0.05) is 25.1 Å². The fourth-order valence-corrected chi connectivity index (χ4v) is 3.02. The van der Waals surface area contributed by atoms with Crippen LogP contribution in [0, 0.1) is 0 Å². The van der Waals surface area contributed by atoms with Crippen LogP contribution >= 0.6 is 23.2 Å². The maximum Gasteiger partial charge on any atom is 0.191 e. The minimum Gasteiger partial charge on any atom is -0.489 e. The fourth-order valence-electron chi connectivity index (χ4n) is 2.67. The van der Waals surface area contributed by atoms with Crippen molar-refractivity contribution in [3.05, 3.63) is 45.3 Å². The number of benzene rings is 1. The van der Waals surface area contributed by atoms with Crippen LogP contribution < -0.4 is 15.4 Å². The van der Waals surface area contributed by atoms with E-state index in [1.807, 2.05) is 20.8 Å². The number of aromatic nitrogens is 1. The quantitative estimate of drug-likeness (QED) is 0.384. The Hall–Kier alpha value is -1.96. The summed E-state index contributed by atoms with van der Waals surface area (Å²) in [6, 6.07) is 5.12. The van der Waals surface area contributed by atoms with Crippen LogP contribution in [0.25, 0.3) is 0 Å². The summed E-state index contributed by atoms with van der Waals surface area (Å²) >= 11 is 12.1. The topological polar surface area (TPSA) is 91.9 Å². The lowest BCUT2D eigenvalue weighted by Crippen LogP contribution is -2.42. The molecule has 1 heterocycles. The first-order chi connectivity index (χ1) is 14.0. The Balaban J connectivity index is 1.92. The molecule has 9 heteroatoms. The Morgan fingerprint density at radius 2 is 2.03 bits per heavy atom. The molecular weight excluding hydrogens is 415 g/mol. The average Bonchev–Trinajstić information content (AvgIpc) is 3.13. The first-order valence-electron chi connectivity index (χ1n) is 9.73. The summed E-state index contributed by atoms with van der Waals surface area (Å²) in [7, 11) is 0. The molecule has 1 aromatic carbocycles. The molecule has 0 saturated carbocycles. The van der Waals surface area contributed by atoms with Crippen molar-refractivity contribution in [1.82, 2.24) is 15.8 Å². The van der Waals surface area contributed by atoms with Gasteiger partial charge in [-0.2, -0.15) is 0 Å². The molecule has 0 bridgehead atoms. The zero-order valence-electron chi connectivity index (χ0n) is 17.0. The third-order valence-electron chi connectivity index (χ3n) is 4.20. The molecule has 0 amide bonds. The van der Waals surface area contributed by atoms with Crippen LogP contribution in [0.1, 0.15) is 37.8 Å². The van der Waals surface area contributed by atoms with Crippen molar-refractivity contribution in [2.45, 2.75) is 46.3 Å². The number of guanidine groups is 1. The van der Waals surface area contributed by atoms with Crippen molar-refractivity contribution in [3.8, 4) is 5.75 Å². The molecule has 7 nitrogen and oxygen atoms in total. The third-order valence-corrected chi connectivity index (χ3v) is 5.00. The van der Waals surface area contributed by atoms with Crippen LogP contribution in [0.2, 0.25) is 10.0 Å². The van der Waals surface area contributed by atoms with E-state index in [1.54, 1.807) is 18.2 Å². The van der Waals surface area contributed by atoms with Gasteiger partial charge in [0.05, 0.1) is 17.3 Å². The zero-order chi connectivity index (χ0) is 21.2. The summed E-state index contributed by atoms with van der Waals surface area (Å²) in [4.78, 5) is 4.59. The first-order valence-corrected chi connectivity index (χ1v) is 10.5. The highest BCUT2D eigenvalue weighted by molar-refractivity contribution is 6.42. The number of nitrogens with one attached hydrogen (secondary N) is 2. The maximum atomic E-state index is 10.2. The minimum atomic E-state index is -0.762. The summed E-state index contributed by atoms with van der Waals surface area (Å²) in [6.07, 6.45) is 0.798. The number of ether oxygens (including phenoxy) is 1. The number of hydrogen-bond acceptors (Lipinski definition) is 5. The van der Waals surface area contributed by atoms with Crippen molar-refractivity contribution < 1.29 is 14.4 Å². The van der Waals surface area contributed by atoms with E-state index in [9.17, 15) is 5.11 Å². The van der Waals surface area contributed by atoms with Gasteiger partial charge in [-0.1, -0.05) is 48.3 Å². The second-order valence-electron chi connectivity index (χ2n) is 6.33. The SMILES string of the molecule is CCNC(=NCc1c(CC)noc1CC)NCC(O)COc1cccc(Cl)c1Cl. The lowest BCUT2D eigenvalue weighted by Gasteiger charge is -2.16. The van der Waals surface area contributed by atoms with Crippen LogP contribution in [0.3, 0.4) is 0 Å². The van der Waals surface area contributed by atoms with E-state index in [-0.39, 0.29) is 13.2 Å². The summed E-state index contributed by atoms with van der Waals surface area (Å²) in [6.45, 7) is 7.52. The second kappa shape index (κ2) is 11.9. The van der Waals surface area contributed by atoms with Crippen LogP contribution in [0.15, 0.2) is 27.7 Å². The van der Waals surface area contributed by atoms with E-state index in [4.69, 9.17) is 32.5 Å². The van der Waals surface area contributed by atoms with Gasteiger partial charge in [-0.25, -0.2) is 4.99 Å². The molecule has 2 aromatic rings. The van der Waals surface area contributed by atoms with Crippen molar-refractivity contribution in [2.75, 3.05) is 19.7 Å². The van der Waals surface area contributed by atoms with E-state index in [2.05, 4.69) is 20.8 Å². The Bertz CT molecular complexity index is 790. The Labute approximate surface area is 181 Å². The van der Waals surface area contributed by atoms with Crippen LogP contribution in [0.5, 0.6) is 5.75 Å². The summed E-state index contributed by atoms with van der Waals surface area (Å²) in [5.74, 6) is 1.89. The molecule has 0 aliphatic heterocycles. The van der Waals surface area contributed by atoms with Gasteiger partial charge in [-0.05, 0) is 25.5 Å². The number of aliphatic hydroxyl groups excluding tert-OH is 1. The highest BCUT2D eigenvalue weighted by atomic mass is 35.5. The number of halogens is 2. The molecule has 0 radical (unpaired) electrons. The normalized spacial score (nSPS) is 12.7. The van der Waals surface area contributed by atoms with Gasteiger partial charge >= 0.3 is 0 Å². The monoisotopic (exact) mass is 442 g/mol. The predicted octanol–water partition coefficient (Wildman–Crippen LogP) is 3.60. The van der Waals surface area contributed by atoms with Gasteiger partial charge < -0.3 is 25.0 Å². The fraction of sp³-hybridized carbons (Fsp3) is 0.500. The minimum absolute atomic E-state index is 0.0675. The van der Waals surface area contributed by atoms with Crippen LogP contribution in [-0.2, 0) is 19.4 Å². The van der Waals surface area contributed by atoms with E-state index < -0.39 is 6.10 Å². The van der Waals surface area contributed by atoms with Crippen LogP contribution in [-0.4, -0.2) is 42.0 Å². The molecule has 1 unspecified atom stereocenters. The smallest absolute Gasteiger partial charge is 0.191 e. The van der Waals surface area contributed by atoms with Gasteiger partial charge in [0.2, 0.25) is 0 Å². The number of aliphatic hydroxyl groups is 1. The number of hydrogen-bond donors (Lipinski definition) is 3. The van der Waals surface area contributed by atoms with Crippen molar-refractivity contribution in [1.29, 1.82) is 0 Å². The Kier molecular flexibility index (Phi) is 9.57. The first kappa shape index (κ1) is 23.3. The molecule has 1 atom stereocenters. The van der Waals surface area contributed by atoms with E-state index in [1.165, 1.54) is 0 Å². The van der Waals surface area contributed by atoms with E-state index >= 15 is 0 Å². The molecule has 29 heavy (non-hydrogen) atoms. The summed E-state index contributed by atoms with van der Waals surface area (Å²) < 4.78 is 10.9. The molecule has 1 aromatic heterocycles. The molecular formula is C20H28Cl2N4O3. The predicted molar refractivity (Wildman–Crippen MR) is 116 cm³/mol. The molecule has 0 saturated heterocycles. The van der Waals surface area contributed by atoms with Crippen molar-refractivity contribution in [2.24, 2.45) is 4.99 Å². The lowest BCUT2D eigenvalue weighted by molar-refractivity contribution is 0.110. The Morgan fingerprint density at radius 3 is 2.72 bits per heavy atom. The number of rotatable bonds is 10. The highest BCUT2D eigenvalue weighted by Gasteiger charge is 2.14. The molecule has 0 fully saturated rings. The van der Waals surface area contributed by atoms with Crippen LogP contribution in [0.4, 0.5) is 0 Å². The molecule has 0 aliphatic carbocycles. The molecule has 0 aliphatic rings. The standard InChI is InChI=1S/C20H28Cl2N4O3/c1-4-16-14(17(5-2)29-26-16)11-25-20(23-6-3)24-10-13(27)12-28-18-9-7-8-15(21)19(18)22/h7-9,13,27H,4-6,10-12H2,1-3H3,(H2,23,24,25). The van der Waals surface area contributed by atoms with Gasteiger partial charge in [-0.15, -0.1) is 0 Å². The van der Waals surface area contributed by atoms with Crippen molar-refractivity contribution >= 4 is 29.2 Å². The van der Waals surface area contributed by atoms with Gasteiger partial charge in [-0.3, -0.25) is 0 Å². The molecule has 2 rings (SSSR count). The number of aryl methyl sites for hydroxylation is 2. The second-order valence-corrected chi connectivity index (χ2v) is 7.12. The molecule has 0 spiro atoms. The van der Waals surface area contributed by atoms with Gasteiger partial charge in [0.1, 0.15) is 29.2 Å². The summed E-state index contributed by atoms with van der Waals surface area (Å²) in [5, 5.41) is 21.4. The van der Waals surface area contributed by atoms with Gasteiger partial charge in [0.25, 0.3) is 0 Å². The number of aliphatic imine (C=N–C) groups is 1. The number of nitrogens with zero attached hydrogens (tertiary/aromatic N) is 2. The Morgan fingerprint density at radius 1 is 1.24 bits per heavy atom. The summed E-state index contributed by atoms with van der Waals surface area (Å²) in [5.41, 5.74) is 1.94.